The van der Waals surface area contributed by atoms with Gasteiger partial charge in [0.15, 0.2) is 5.11 Å². The smallest absolute Gasteiger partial charge is 0.341 e. The summed E-state index contributed by atoms with van der Waals surface area (Å²) < 4.78 is 11.0. The molecule has 1 aliphatic heterocycles. The quantitative estimate of drug-likeness (QED) is 0.648. The maximum absolute atomic E-state index is 12.4. The van der Waals surface area contributed by atoms with Gasteiger partial charge in [0.2, 0.25) is 0 Å². The molecule has 22 heavy (non-hydrogen) atoms. The molecule has 120 valence electrons. The molecular weight excluding hydrogens is 320 g/mol. The molecule has 0 aromatic carbocycles. The molecule has 0 unspecified atom stereocenters. The van der Waals surface area contributed by atoms with Gasteiger partial charge < -0.3 is 20.1 Å². The van der Waals surface area contributed by atoms with E-state index in [1.54, 1.807) is 6.92 Å². The summed E-state index contributed by atoms with van der Waals surface area (Å²) in [7, 11) is 0. The summed E-state index contributed by atoms with van der Waals surface area (Å²) in [5.74, 6) is -0.332. The largest absolute Gasteiger partial charge is 0.462 e. The number of anilines is 1. The Labute approximate surface area is 139 Å². The number of esters is 1. The molecule has 2 rings (SSSR count). The molecule has 0 spiro atoms. The van der Waals surface area contributed by atoms with Crippen LogP contribution in [0.2, 0.25) is 0 Å². The van der Waals surface area contributed by atoms with Crippen molar-refractivity contribution in [1.29, 1.82) is 0 Å². The first-order valence-corrected chi connectivity index (χ1v) is 8.24. The second-order valence-electron chi connectivity index (χ2n) is 5.46. The highest BCUT2D eigenvalue weighted by Gasteiger charge is 2.34. The van der Waals surface area contributed by atoms with Crippen LogP contribution in [0.25, 0.3) is 0 Å². The Morgan fingerprint density at radius 1 is 1.59 bits per heavy atom. The second kappa shape index (κ2) is 6.76. The van der Waals surface area contributed by atoms with Gasteiger partial charge in [0, 0.05) is 11.3 Å². The molecule has 0 fully saturated rings. The van der Waals surface area contributed by atoms with Gasteiger partial charge in [0.1, 0.15) is 5.00 Å². The highest BCUT2D eigenvalue weighted by Crippen LogP contribution is 2.40. The van der Waals surface area contributed by atoms with Gasteiger partial charge in [-0.15, -0.1) is 11.3 Å². The average Bonchev–Trinajstić information content (AvgIpc) is 2.75. The Morgan fingerprint density at radius 3 is 2.95 bits per heavy atom. The molecule has 0 saturated heterocycles. The van der Waals surface area contributed by atoms with E-state index >= 15 is 0 Å². The van der Waals surface area contributed by atoms with Crippen molar-refractivity contribution >= 4 is 39.6 Å². The van der Waals surface area contributed by atoms with Crippen molar-refractivity contribution < 1.29 is 14.3 Å². The lowest BCUT2D eigenvalue weighted by Gasteiger charge is -2.30. The Morgan fingerprint density at radius 2 is 2.32 bits per heavy atom. The highest BCUT2D eigenvalue weighted by atomic mass is 32.1. The molecular formula is C15H20N2O3S2. The van der Waals surface area contributed by atoms with Crippen LogP contribution in [0.3, 0.4) is 0 Å². The molecule has 2 N–H and O–H groups in total. The van der Waals surface area contributed by atoms with Crippen molar-refractivity contribution in [1.82, 2.24) is 5.32 Å². The first-order chi connectivity index (χ1) is 10.4. The molecule has 0 radical (unpaired) electrons. The molecule has 7 heteroatoms. The summed E-state index contributed by atoms with van der Waals surface area (Å²) in [4.78, 5) is 13.4. The fraction of sp³-hybridized carbons (Fsp3) is 0.467. The lowest BCUT2D eigenvalue weighted by atomic mass is 9.93. The van der Waals surface area contributed by atoms with E-state index < -0.39 is 0 Å². The predicted molar refractivity (Wildman–Crippen MR) is 92.4 cm³/mol. The molecule has 0 bridgehead atoms. The van der Waals surface area contributed by atoms with Crippen molar-refractivity contribution in [2.75, 3.05) is 11.9 Å². The van der Waals surface area contributed by atoms with E-state index in [0.29, 0.717) is 35.3 Å². The fourth-order valence-electron chi connectivity index (χ4n) is 2.29. The van der Waals surface area contributed by atoms with Crippen LogP contribution in [0.5, 0.6) is 0 Å². The molecule has 1 aliphatic rings. The third kappa shape index (κ3) is 3.66. The number of rotatable bonds is 4. The summed E-state index contributed by atoms with van der Waals surface area (Å²) in [6.07, 6.45) is 2.15. The lowest BCUT2D eigenvalue weighted by molar-refractivity contribution is -0.0384. The van der Waals surface area contributed by atoms with Crippen LogP contribution in [-0.2, 0) is 22.5 Å². The monoisotopic (exact) mass is 340 g/mol. The highest BCUT2D eigenvalue weighted by molar-refractivity contribution is 7.80. The van der Waals surface area contributed by atoms with Gasteiger partial charge in [-0.1, -0.05) is 6.58 Å². The Hall–Kier alpha value is -1.44. The normalized spacial score (nSPS) is 15.6. The second-order valence-corrected chi connectivity index (χ2v) is 6.97. The number of nitrogens with one attached hydrogen (secondary N) is 2. The van der Waals surface area contributed by atoms with Gasteiger partial charge in [0.05, 0.1) is 24.4 Å². The summed E-state index contributed by atoms with van der Waals surface area (Å²) in [6.45, 7) is 10.2. The van der Waals surface area contributed by atoms with Crippen LogP contribution < -0.4 is 10.6 Å². The fourth-order valence-corrected chi connectivity index (χ4v) is 3.67. The summed E-state index contributed by atoms with van der Waals surface area (Å²) in [6, 6.07) is 0. The summed E-state index contributed by atoms with van der Waals surface area (Å²) in [5.41, 5.74) is 1.25. The van der Waals surface area contributed by atoms with E-state index in [2.05, 4.69) is 17.2 Å². The zero-order valence-corrected chi connectivity index (χ0v) is 14.6. The van der Waals surface area contributed by atoms with Crippen molar-refractivity contribution in [3.05, 3.63) is 28.8 Å². The summed E-state index contributed by atoms with van der Waals surface area (Å²) in [5, 5.41) is 6.92. The molecule has 0 saturated carbocycles. The number of carbonyl (C=O) groups excluding carboxylic acids is 1. The van der Waals surface area contributed by atoms with E-state index in [4.69, 9.17) is 21.7 Å². The van der Waals surface area contributed by atoms with Crippen LogP contribution in [0, 0.1) is 0 Å². The first-order valence-electron chi connectivity index (χ1n) is 7.02. The van der Waals surface area contributed by atoms with Crippen molar-refractivity contribution in [2.24, 2.45) is 0 Å². The minimum atomic E-state index is -0.332. The van der Waals surface area contributed by atoms with Crippen LogP contribution in [0.4, 0.5) is 5.00 Å². The Kier molecular flexibility index (Phi) is 5.20. The average molecular weight is 340 g/mol. The van der Waals surface area contributed by atoms with Crippen LogP contribution in [0.15, 0.2) is 12.8 Å². The van der Waals surface area contributed by atoms with Crippen molar-refractivity contribution in [3.8, 4) is 0 Å². The molecule has 5 nitrogen and oxygen atoms in total. The van der Waals surface area contributed by atoms with Gasteiger partial charge in [-0.25, -0.2) is 4.79 Å². The first kappa shape index (κ1) is 16.9. The summed E-state index contributed by atoms with van der Waals surface area (Å²) >= 11 is 6.63. The number of ether oxygens (including phenoxy) is 2. The van der Waals surface area contributed by atoms with Gasteiger partial charge in [-0.05, 0) is 44.8 Å². The Bertz CT molecular complexity index is 608. The topological polar surface area (TPSA) is 59.6 Å². The minimum absolute atomic E-state index is 0.299. The van der Waals surface area contributed by atoms with Crippen LogP contribution in [0.1, 0.15) is 41.6 Å². The van der Waals surface area contributed by atoms with E-state index in [1.807, 2.05) is 13.8 Å². The molecule has 0 amide bonds. The third-order valence-electron chi connectivity index (χ3n) is 3.23. The number of fused-ring (bicyclic) bond motifs is 1. The predicted octanol–water partition coefficient (Wildman–Crippen LogP) is 3.21. The van der Waals surface area contributed by atoms with Crippen LogP contribution >= 0.6 is 23.6 Å². The van der Waals surface area contributed by atoms with Gasteiger partial charge in [0.25, 0.3) is 0 Å². The Balaban J connectivity index is 2.40. The number of hydrogen-bond acceptors (Lipinski definition) is 5. The van der Waals surface area contributed by atoms with Crippen LogP contribution in [-0.4, -0.2) is 23.3 Å². The van der Waals surface area contributed by atoms with E-state index in [0.717, 1.165) is 10.4 Å². The van der Waals surface area contributed by atoms with Crippen molar-refractivity contribution in [2.45, 2.75) is 39.4 Å². The number of thiophene rings is 1. The molecule has 0 atom stereocenters. The lowest BCUT2D eigenvalue weighted by Crippen LogP contribution is -2.32. The maximum atomic E-state index is 12.4. The van der Waals surface area contributed by atoms with Gasteiger partial charge in [-0.2, -0.15) is 0 Å². The number of thiocarbonyl (C=S) groups is 1. The van der Waals surface area contributed by atoms with E-state index in [1.165, 1.54) is 17.5 Å². The molecule has 1 aromatic heterocycles. The number of carbonyl (C=O) groups is 1. The maximum Gasteiger partial charge on any atom is 0.341 e. The van der Waals surface area contributed by atoms with Gasteiger partial charge in [-0.3, -0.25) is 0 Å². The zero-order chi connectivity index (χ0) is 16.3. The van der Waals surface area contributed by atoms with E-state index in [9.17, 15) is 4.79 Å². The zero-order valence-electron chi connectivity index (χ0n) is 12.9. The standard InChI is InChI=1S/C15H20N2O3S2/c1-5-16-14(21)17-12-11(13(18)19-6-2)9-7-15(3,4)20-8-10(9)22-12/h5H,1,6-8H2,2-4H3,(H2,16,17,21). The van der Waals surface area contributed by atoms with Crippen molar-refractivity contribution in [3.63, 3.8) is 0 Å². The third-order valence-corrected chi connectivity index (χ3v) is 4.57. The molecule has 0 aliphatic carbocycles. The molecule has 2 heterocycles. The van der Waals surface area contributed by atoms with E-state index in [-0.39, 0.29) is 11.6 Å². The van der Waals surface area contributed by atoms with Gasteiger partial charge >= 0.3 is 5.97 Å². The minimum Gasteiger partial charge on any atom is -0.462 e. The SMILES string of the molecule is C=CNC(=S)Nc1sc2c(c1C(=O)OCC)CC(C)(C)OC2. The molecule has 1 aromatic rings. The number of hydrogen-bond donors (Lipinski definition) is 2.